The number of benzene rings is 1. The van der Waals surface area contributed by atoms with Gasteiger partial charge in [-0.3, -0.25) is 0 Å². The Morgan fingerprint density at radius 3 is 1.84 bits per heavy atom. The van der Waals surface area contributed by atoms with Crippen LogP contribution < -0.4 is 0 Å². The Balaban J connectivity index is 2.26. The molecule has 0 aliphatic heterocycles. The SMILES string of the molecule is CC=CCCc1ccc(CCC=CCCCC)cc1. The van der Waals surface area contributed by atoms with Crippen molar-refractivity contribution >= 4 is 0 Å². The van der Waals surface area contributed by atoms with Crippen LogP contribution in [0.4, 0.5) is 0 Å². The summed E-state index contributed by atoms with van der Waals surface area (Å²) in [5, 5.41) is 0. The minimum atomic E-state index is 1.15. The number of allylic oxidation sites excluding steroid dienone is 4. The molecule has 1 aromatic carbocycles. The second-order valence-electron chi connectivity index (χ2n) is 5.08. The first-order chi connectivity index (χ1) is 9.36. The van der Waals surface area contributed by atoms with E-state index in [0.29, 0.717) is 0 Å². The number of hydrogen-bond acceptors (Lipinski definition) is 0. The molecule has 0 nitrogen and oxygen atoms in total. The number of aryl methyl sites for hydroxylation is 2. The van der Waals surface area contributed by atoms with Crippen molar-refractivity contribution in [2.24, 2.45) is 0 Å². The van der Waals surface area contributed by atoms with Crippen LogP contribution in [0.1, 0.15) is 57.1 Å². The van der Waals surface area contributed by atoms with Crippen molar-refractivity contribution in [2.75, 3.05) is 0 Å². The number of hydrogen-bond donors (Lipinski definition) is 0. The molecule has 0 aromatic heterocycles. The third-order valence-corrected chi connectivity index (χ3v) is 3.35. The molecule has 0 N–H and O–H groups in total. The van der Waals surface area contributed by atoms with Crippen LogP contribution in [0.15, 0.2) is 48.6 Å². The van der Waals surface area contributed by atoms with E-state index in [0.717, 1.165) is 19.3 Å². The van der Waals surface area contributed by atoms with E-state index in [1.54, 1.807) is 0 Å². The van der Waals surface area contributed by atoms with E-state index in [-0.39, 0.29) is 0 Å². The molecule has 0 aliphatic carbocycles. The van der Waals surface area contributed by atoms with Gasteiger partial charge in [0.2, 0.25) is 0 Å². The van der Waals surface area contributed by atoms with Crippen LogP contribution in [0.25, 0.3) is 0 Å². The topological polar surface area (TPSA) is 0 Å². The zero-order chi connectivity index (χ0) is 13.8. The van der Waals surface area contributed by atoms with Gasteiger partial charge in [0.1, 0.15) is 0 Å². The molecule has 0 heteroatoms. The predicted octanol–water partition coefficient (Wildman–Crippen LogP) is 5.87. The fourth-order valence-corrected chi connectivity index (χ4v) is 2.10. The molecule has 104 valence electrons. The van der Waals surface area contributed by atoms with Gasteiger partial charge in [-0.25, -0.2) is 0 Å². The average Bonchev–Trinajstić information content (AvgIpc) is 2.44. The number of unbranched alkanes of at least 4 members (excludes halogenated alkanes) is 2. The third kappa shape index (κ3) is 7.66. The van der Waals surface area contributed by atoms with Crippen LogP contribution in [0, 0.1) is 0 Å². The Morgan fingerprint density at radius 2 is 1.32 bits per heavy atom. The van der Waals surface area contributed by atoms with Gasteiger partial charge in [-0.2, -0.15) is 0 Å². The van der Waals surface area contributed by atoms with Gasteiger partial charge in [0.05, 0.1) is 0 Å². The zero-order valence-corrected chi connectivity index (χ0v) is 12.6. The summed E-state index contributed by atoms with van der Waals surface area (Å²) in [5.41, 5.74) is 2.90. The van der Waals surface area contributed by atoms with Gasteiger partial charge in [0, 0.05) is 0 Å². The molecule has 1 aromatic rings. The smallest absolute Gasteiger partial charge is 0.0244 e. The van der Waals surface area contributed by atoms with Crippen LogP contribution in [-0.4, -0.2) is 0 Å². The minimum Gasteiger partial charge on any atom is -0.0917 e. The normalized spacial score (nSPS) is 11.7. The van der Waals surface area contributed by atoms with Crippen molar-refractivity contribution in [3.63, 3.8) is 0 Å². The molecular formula is C19H28. The lowest BCUT2D eigenvalue weighted by Crippen LogP contribution is -1.87. The van der Waals surface area contributed by atoms with E-state index in [1.807, 2.05) is 0 Å². The van der Waals surface area contributed by atoms with Gasteiger partial charge in [-0.1, -0.05) is 68.3 Å². The quantitative estimate of drug-likeness (QED) is 0.382. The first kappa shape index (κ1) is 15.8. The van der Waals surface area contributed by atoms with E-state index >= 15 is 0 Å². The molecular weight excluding hydrogens is 228 g/mol. The number of rotatable bonds is 9. The molecule has 0 amide bonds. The molecule has 0 spiro atoms. The molecule has 0 fully saturated rings. The highest BCUT2D eigenvalue weighted by atomic mass is 14.0. The summed E-state index contributed by atoms with van der Waals surface area (Å²) in [6.07, 6.45) is 17.5. The molecule has 19 heavy (non-hydrogen) atoms. The Labute approximate surface area is 119 Å². The summed E-state index contributed by atoms with van der Waals surface area (Å²) in [7, 11) is 0. The first-order valence-electron chi connectivity index (χ1n) is 7.70. The molecule has 0 heterocycles. The van der Waals surface area contributed by atoms with Crippen molar-refractivity contribution in [1.82, 2.24) is 0 Å². The van der Waals surface area contributed by atoms with Crippen molar-refractivity contribution in [3.05, 3.63) is 59.7 Å². The Hall–Kier alpha value is -1.30. The van der Waals surface area contributed by atoms with Gasteiger partial charge in [-0.05, 0) is 50.2 Å². The maximum atomic E-state index is 2.33. The van der Waals surface area contributed by atoms with E-state index in [1.165, 1.54) is 36.8 Å². The van der Waals surface area contributed by atoms with E-state index in [9.17, 15) is 0 Å². The molecule has 0 unspecified atom stereocenters. The summed E-state index contributed by atoms with van der Waals surface area (Å²) < 4.78 is 0. The highest BCUT2D eigenvalue weighted by Crippen LogP contribution is 2.09. The fraction of sp³-hybridized carbons (Fsp3) is 0.474. The maximum absolute atomic E-state index is 2.33. The van der Waals surface area contributed by atoms with Crippen molar-refractivity contribution in [3.8, 4) is 0 Å². The van der Waals surface area contributed by atoms with Gasteiger partial charge in [0.25, 0.3) is 0 Å². The van der Waals surface area contributed by atoms with Crippen molar-refractivity contribution in [1.29, 1.82) is 0 Å². The third-order valence-electron chi connectivity index (χ3n) is 3.35. The lowest BCUT2D eigenvalue weighted by atomic mass is 10.0. The molecule has 1 rings (SSSR count). The standard InChI is InChI=1S/C19H28/c1-3-5-7-8-9-11-13-19-16-14-18(15-17-19)12-10-6-4-2/h4,6,8-9,14-17H,3,5,7,10-13H2,1-2H3. The summed E-state index contributed by atoms with van der Waals surface area (Å²) in [6.45, 7) is 4.32. The van der Waals surface area contributed by atoms with E-state index < -0.39 is 0 Å². The van der Waals surface area contributed by atoms with Crippen LogP contribution in [-0.2, 0) is 12.8 Å². The molecule has 0 radical (unpaired) electrons. The highest BCUT2D eigenvalue weighted by molar-refractivity contribution is 5.23. The molecule has 0 bridgehead atoms. The highest BCUT2D eigenvalue weighted by Gasteiger charge is 1.94. The second-order valence-corrected chi connectivity index (χ2v) is 5.08. The van der Waals surface area contributed by atoms with Crippen LogP contribution >= 0.6 is 0 Å². The summed E-state index contributed by atoms with van der Waals surface area (Å²) >= 11 is 0. The minimum absolute atomic E-state index is 1.15. The Morgan fingerprint density at radius 1 is 0.789 bits per heavy atom. The Bertz CT molecular complexity index is 368. The fourth-order valence-electron chi connectivity index (χ4n) is 2.10. The maximum Gasteiger partial charge on any atom is -0.0244 e. The first-order valence-corrected chi connectivity index (χ1v) is 7.70. The largest absolute Gasteiger partial charge is 0.0917 e. The lowest BCUT2D eigenvalue weighted by Gasteiger charge is -2.02. The predicted molar refractivity (Wildman–Crippen MR) is 86.6 cm³/mol. The zero-order valence-electron chi connectivity index (χ0n) is 12.6. The van der Waals surface area contributed by atoms with Crippen LogP contribution in [0.5, 0.6) is 0 Å². The van der Waals surface area contributed by atoms with Gasteiger partial charge in [-0.15, -0.1) is 0 Å². The van der Waals surface area contributed by atoms with Gasteiger partial charge < -0.3 is 0 Å². The summed E-state index contributed by atoms with van der Waals surface area (Å²) in [6, 6.07) is 9.12. The summed E-state index contributed by atoms with van der Waals surface area (Å²) in [5.74, 6) is 0. The molecule has 0 saturated carbocycles. The summed E-state index contributed by atoms with van der Waals surface area (Å²) in [4.78, 5) is 0. The molecule has 0 atom stereocenters. The average molecular weight is 256 g/mol. The monoisotopic (exact) mass is 256 g/mol. The van der Waals surface area contributed by atoms with Gasteiger partial charge in [0.15, 0.2) is 0 Å². The van der Waals surface area contributed by atoms with Crippen LogP contribution in [0.2, 0.25) is 0 Å². The molecule has 0 saturated heterocycles. The second kappa shape index (κ2) is 10.6. The van der Waals surface area contributed by atoms with Gasteiger partial charge >= 0.3 is 0 Å². The van der Waals surface area contributed by atoms with E-state index in [4.69, 9.17) is 0 Å². The lowest BCUT2D eigenvalue weighted by molar-refractivity contribution is 0.811. The molecule has 0 aliphatic rings. The Kier molecular flexibility index (Phi) is 8.80. The van der Waals surface area contributed by atoms with E-state index in [2.05, 4.69) is 62.4 Å². The van der Waals surface area contributed by atoms with Crippen molar-refractivity contribution in [2.45, 2.75) is 58.8 Å². The van der Waals surface area contributed by atoms with Crippen LogP contribution in [0.3, 0.4) is 0 Å². The van der Waals surface area contributed by atoms with Crippen molar-refractivity contribution < 1.29 is 0 Å².